The molecule has 0 unspecified atom stereocenters. The van der Waals surface area contributed by atoms with Crippen molar-refractivity contribution in [2.75, 3.05) is 26.3 Å². The molecule has 1 saturated heterocycles. The van der Waals surface area contributed by atoms with Crippen molar-refractivity contribution in [1.82, 2.24) is 10.6 Å². The number of nitrogens with zero attached hydrogens (tertiary/aromatic N) is 2. The summed E-state index contributed by atoms with van der Waals surface area (Å²) in [6.07, 6.45) is 6.01. The molecule has 0 saturated carbocycles. The predicted octanol–water partition coefficient (Wildman–Crippen LogP) is -0.0248. The minimum atomic E-state index is 0.0526. The SMILES string of the molecule is O=C1CC2(CCNCC2)CN=C/C=N\CN1. The van der Waals surface area contributed by atoms with Crippen LogP contribution in [0.15, 0.2) is 9.98 Å². The van der Waals surface area contributed by atoms with Crippen LogP contribution in [-0.2, 0) is 4.79 Å². The molecule has 88 valence electrons. The Labute approximate surface area is 95.4 Å². The topological polar surface area (TPSA) is 65.8 Å². The van der Waals surface area contributed by atoms with E-state index in [2.05, 4.69) is 20.6 Å². The molecule has 0 bridgehead atoms. The highest BCUT2D eigenvalue weighted by Crippen LogP contribution is 2.33. The molecule has 1 amide bonds. The maximum absolute atomic E-state index is 11.7. The fourth-order valence-corrected chi connectivity index (χ4v) is 2.28. The van der Waals surface area contributed by atoms with Gasteiger partial charge in [-0.25, -0.2) is 0 Å². The maximum atomic E-state index is 11.7. The van der Waals surface area contributed by atoms with E-state index in [1.54, 1.807) is 12.4 Å². The molecule has 16 heavy (non-hydrogen) atoms. The Morgan fingerprint density at radius 2 is 1.94 bits per heavy atom. The first-order valence-electron chi connectivity index (χ1n) is 5.76. The zero-order valence-corrected chi connectivity index (χ0v) is 9.41. The van der Waals surface area contributed by atoms with Crippen molar-refractivity contribution in [3.63, 3.8) is 0 Å². The van der Waals surface area contributed by atoms with Crippen LogP contribution in [-0.4, -0.2) is 44.6 Å². The summed E-state index contributed by atoms with van der Waals surface area (Å²) in [6.45, 7) is 3.06. The Hall–Kier alpha value is -1.23. The highest BCUT2D eigenvalue weighted by Gasteiger charge is 2.33. The third kappa shape index (κ3) is 2.88. The van der Waals surface area contributed by atoms with E-state index in [0.29, 0.717) is 13.1 Å². The van der Waals surface area contributed by atoms with Crippen LogP contribution in [0.25, 0.3) is 0 Å². The van der Waals surface area contributed by atoms with Crippen molar-refractivity contribution in [2.24, 2.45) is 15.4 Å². The lowest BCUT2D eigenvalue weighted by molar-refractivity contribution is -0.123. The first-order valence-corrected chi connectivity index (χ1v) is 5.76. The third-order valence-electron chi connectivity index (χ3n) is 3.27. The number of carbonyl (C=O) groups is 1. The standard InChI is InChI=1S/C11H18N4O/c16-10-7-11(1-3-12-4-2-11)8-13-5-6-14-9-15-10/h5-6,12H,1-4,7-9H2,(H,15,16)/b13-5?,14-6-. The van der Waals surface area contributed by atoms with Crippen LogP contribution in [0.1, 0.15) is 19.3 Å². The second-order valence-electron chi connectivity index (χ2n) is 4.51. The molecule has 0 aromatic rings. The minimum Gasteiger partial charge on any atom is -0.337 e. The van der Waals surface area contributed by atoms with Crippen molar-refractivity contribution in [3.8, 4) is 0 Å². The number of hydrogen-bond acceptors (Lipinski definition) is 4. The molecular formula is C11H18N4O. The number of piperidine rings is 1. The molecule has 1 spiro atoms. The molecule has 5 heteroatoms. The van der Waals surface area contributed by atoms with Gasteiger partial charge in [0.25, 0.3) is 0 Å². The molecule has 2 rings (SSSR count). The van der Waals surface area contributed by atoms with Gasteiger partial charge in [-0.2, -0.15) is 0 Å². The summed E-state index contributed by atoms with van der Waals surface area (Å²) >= 11 is 0. The van der Waals surface area contributed by atoms with Crippen LogP contribution in [0.3, 0.4) is 0 Å². The molecule has 0 aromatic carbocycles. The predicted molar refractivity (Wildman–Crippen MR) is 64.0 cm³/mol. The van der Waals surface area contributed by atoms with Gasteiger partial charge in [-0.05, 0) is 25.9 Å². The Balaban J connectivity index is 2.10. The summed E-state index contributed by atoms with van der Waals surface area (Å²) in [6, 6.07) is 0. The van der Waals surface area contributed by atoms with Crippen LogP contribution >= 0.6 is 0 Å². The van der Waals surface area contributed by atoms with Gasteiger partial charge < -0.3 is 10.6 Å². The van der Waals surface area contributed by atoms with Crippen LogP contribution in [0.4, 0.5) is 0 Å². The van der Waals surface area contributed by atoms with Crippen molar-refractivity contribution in [1.29, 1.82) is 0 Å². The average Bonchev–Trinajstić information content (AvgIpc) is 2.29. The van der Waals surface area contributed by atoms with E-state index >= 15 is 0 Å². The van der Waals surface area contributed by atoms with Crippen molar-refractivity contribution in [3.05, 3.63) is 0 Å². The van der Waals surface area contributed by atoms with Gasteiger partial charge in [0.05, 0.1) is 0 Å². The fraction of sp³-hybridized carbons (Fsp3) is 0.727. The number of rotatable bonds is 0. The van der Waals surface area contributed by atoms with Crippen LogP contribution < -0.4 is 10.6 Å². The molecule has 0 aromatic heterocycles. The van der Waals surface area contributed by atoms with Gasteiger partial charge in [0.1, 0.15) is 6.67 Å². The van der Waals surface area contributed by atoms with E-state index in [0.717, 1.165) is 32.5 Å². The highest BCUT2D eigenvalue weighted by molar-refractivity contribution is 6.16. The monoisotopic (exact) mass is 222 g/mol. The first-order chi connectivity index (χ1) is 7.81. The van der Waals surface area contributed by atoms with Gasteiger partial charge >= 0.3 is 0 Å². The largest absolute Gasteiger partial charge is 0.337 e. The molecule has 0 radical (unpaired) electrons. The zero-order chi connectivity index (χ0) is 11.3. The van der Waals surface area contributed by atoms with Crippen molar-refractivity contribution in [2.45, 2.75) is 19.3 Å². The van der Waals surface area contributed by atoms with E-state index < -0.39 is 0 Å². The van der Waals surface area contributed by atoms with Crippen LogP contribution in [0.2, 0.25) is 0 Å². The summed E-state index contributed by atoms with van der Waals surface area (Å²) in [5.74, 6) is 0.0937. The quantitative estimate of drug-likeness (QED) is 0.604. The van der Waals surface area contributed by atoms with Gasteiger partial charge in [-0.1, -0.05) is 0 Å². The van der Waals surface area contributed by atoms with E-state index in [1.165, 1.54) is 0 Å². The summed E-state index contributed by atoms with van der Waals surface area (Å²) in [4.78, 5) is 20.1. The lowest BCUT2D eigenvalue weighted by atomic mass is 9.76. The summed E-state index contributed by atoms with van der Waals surface area (Å²) in [5, 5.41) is 6.13. The molecule has 0 atom stereocenters. The number of nitrogens with one attached hydrogen (secondary N) is 2. The smallest absolute Gasteiger partial charge is 0.222 e. The minimum absolute atomic E-state index is 0.0526. The summed E-state index contributed by atoms with van der Waals surface area (Å²) in [5.41, 5.74) is 0.0526. The lowest BCUT2D eigenvalue weighted by Crippen LogP contribution is -2.42. The molecule has 0 aliphatic carbocycles. The zero-order valence-electron chi connectivity index (χ0n) is 9.41. The van der Waals surface area contributed by atoms with Crippen molar-refractivity contribution >= 4 is 18.3 Å². The van der Waals surface area contributed by atoms with Gasteiger partial charge in [0.15, 0.2) is 0 Å². The fourth-order valence-electron chi connectivity index (χ4n) is 2.28. The third-order valence-corrected chi connectivity index (χ3v) is 3.27. The maximum Gasteiger partial charge on any atom is 0.222 e. The van der Waals surface area contributed by atoms with E-state index in [1.807, 2.05) is 0 Å². The molecule has 2 heterocycles. The molecule has 5 nitrogen and oxygen atoms in total. The summed E-state index contributed by atoms with van der Waals surface area (Å²) in [7, 11) is 0. The highest BCUT2D eigenvalue weighted by atomic mass is 16.1. The molecular weight excluding hydrogens is 204 g/mol. The normalized spacial score (nSPS) is 27.4. The number of aliphatic imine (C=N–C) groups is 2. The average molecular weight is 222 g/mol. The molecule has 2 aliphatic heterocycles. The summed E-state index contributed by atoms with van der Waals surface area (Å²) < 4.78 is 0. The molecule has 1 fully saturated rings. The van der Waals surface area contributed by atoms with Gasteiger partial charge in [-0.3, -0.25) is 14.8 Å². The Morgan fingerprint density at radius 1 is 1.19 bits per heavy atom. The second-order valence-corrected chi connectivity index (χ2v) is 4.51. The van der Waals surface area contributed by atoms with Crippen molar-refractivity contribution < 1.29 is 4.79 Å². The Morgan fingerprint density at radius 3 is 2.75 bits per heavy atom. The van der Waals surface area contributed by atoms with E-state index in [-0.39, 0.29) is 11.3 Å². The van der Waals surface area contributed by atoms with E-state index in [4.69, 9.17) is 0 Å². The van der Waals surface area contributed by atoms with Gasteiger partial charge in [-0.15, -0.1) is 0 Å². The molecule has 2 aliphatic rings. The second kappa shape index (κ2) is 5.21. The number of amides is 1. The Bertz CT molecular complexity index is 305. The van der Waals surface area contributed by atoms with Crippen LogP contribution in [0, 0.1) is 5.41 Å². The van der Waals surface area contributed by atoms with Gasteiger partial charge in [0, 0.05) is 30.8 Å². The first kappa shape index (κ1) is 11.3. The van der Waals surface area contributed by atoms with E-state index in [9.17, 15) is 4.79 Å². The Kier molecular flexibility index (Phi) is 3.66. The number of hydrogen-bond donors (Lipinski definition) is 2. The molecule has 2 N–H and O–H groups in total. The van der Waals surface area contributed by atoms with Gasteiger partial charge in [0.2, 0.25) is 5.91 Å². The lowest BCUT2D eigenvalue weighted by Gasteiger charge is -2.36. The number of carbonyl (C=O) groups excluding carboxylic acids is 1. The van der Waals surface area contributed by atoms with Crippen LogP contribution in [0.5, 0.6) is 0 Å².